The number of amides is 2. The molecule has 0 aliphatic carbocycles. The summed E-state index contributed by atoms with van der Waals surface area (Å²) in [7, 11) is 3.40. The van der Waals surface area contributed by atoms with Crippen LogP contribution in [0.1, 0.15) is 11.5 Å². The Balaban J connectivity index is 1.40. The van der Waals surface area contributed by atoms with E-state index in [-0.39, 0.29) is 18.0 Å². The molecule has 3 aromatic carbocycles. The Hall–Kier alpha value is -3.13. The molecule has 0 bridgehead atoms. The van der Waals surface area contributed by atoms with Crippen LogP contribution in [0.25, 0.3) is 20.2 Å². The summed E-state index contributed by atoms with van der Waals surface area (Å²) >= 11 is 1.68. The molecule has 2 amide bonds. The number of urea groups is 1. The second kappa shape index (κ2) is 10.0. The molecule has 176 valence electrons. The summed E-state index contributed by atoms with van der Waals surface area (Å²) in [5, 5.41) is 8.52. The summed E-state index contributed by atoms with van der Waals surface area (Å²) in [6.07, 6.45) is 0. The van der Waals surface area contributed by atoms with E-state index < -0.39 is 0 Å². The number of nitrogens with zero attached hydrogens (tertiary/aromatic N) is 1. The number of anilines is 1. The number of hydrogen-bond acceptors (Lipinski definition) is 5. The average Bonchev–Trinajstić information content (AvgIpc) is 3.45. The molecule has 1 aliphatic heterocycles. The number of ether oxygens (including phenoxy) is 2. The van der Waals surface area contributed by atoms with Gasteiger partial charge in [0.05, 0.1) is 30.1 Å². The minimum absolute atomic E-state index is 0.00668. The van der Waals surface area contributed by atoms with Crippen molar-refractivity contribution in [2.45, 2.75) is 12.0 Å². The molecule has 4 aromatic rings. The van der Waals surface area contributed by atoms with Crippen LogP contribution in [0, 0.1) is 0 Å². The number of carbonyl (C=O) groups is 1. The van der Waals surface area contributed by atoms with Crippen LogP contribution in [0.15, 0.2) is 66.7 Å². The molecule has 1 aliphatic rings. The first kappa shape index (κ1) is 22.7. The first-order chi connectivity index (χ1) is 16.7. The van der Waals surface area contributed by atoms with Gasteiger partial charge in [0.1, 0.15) is 5.75 Å². The topological polar surface area (TPSA) is 62.8 Å². The molecule has 5 rings (SSSR count). The predicted octanol–water partition coefficient (Wildman–Crippen LogP) is 5.30. The van der Waals surface area contributed by atoms with E-state index in [0.29, 0.717) is 6.61 Å². The minimum Gasteiger partial charge on any atom is -0.495 e. The summed E-state index contributed by atoms with van der Waals surface area (Å²) in [6, 6.07) is 22.3. The van der Waals surface area contributed by atoms with Crippen molar-refractivity contribution in [3.05, 3.63) is 72.3 Å². The van der Waals surface area contributed by atoms with Gasteiger partial charge in [-0.25, -0.2) is 4.79 Å². The maximum Gasteiger partial charge on any atom is 0.319 e. The molecule has 6 nitrogen and oxygen atoms in total. The zero-order valence-corrected chi connectivity index (χ0v) is 20.2. The van der Waals surface area contributed by atoms with Crippen LogP contribution in [0.3, 0.4) is 0 Å². The lowest BCUT2D eigenvalue weighted by Gasteiger charge is -2.21. The number of methoxy groups -OCH3 is 2. The molecule has 0 spiro atoms. The fourth-order valence-corrected chi connectivity index (χ4v) is 6.09. The zero-order valence-electron chi connectivity index (χ0n) is 19.4. The number of benzene rings is 3. The standard InChI is InChI=1S/C27H29N3O3S/c1-32-15-14-30-16-20(18-8-4-3-5-9-18)22(17-30)29-27(31)28-21-12-13-23(33-2)26-25(21)19-10-6-7-11-24(19)34-26/h3-13,20,22H,14-17H2,1-2H3,(H2,28,29,31)/t20-,22+/m0/s1. The number of rotatable bonds is 7. The zero-order chi connectivity index (χ0) is 23.5. The number of carbonyl (C=O) groups excluding carboxylic acids is 1. The Bertz CT molecular complexity index is 1290. The smallest absolute Gasteiger partial charge is 0.319 e. The number of fused-ring (bicyclic) bond motifs is 3. The van der Waals surface area contributed by atoms with E-state index in [9.17, 15) is 4.79 Å². The summed E-state index contributed by atoms with van der Waals surface area (Å²) < 4.78 is 13.1. The molecule has 2 N–H and O–H groups in total. The fourth-order valence-electron chi connectivity index (χ4n) is 4.87. The average molecular weight is 476 g/mol. The minimum atomic E-state index is -0.193. The van der Waals surface area contributed by atoms with Gasteiger partial charge in [-0.2, -0.15) is 0 Å². The van der Waals surface area contributed by atoms with Crippen LogP contribution in [0.5, 0.6) is 5.75 Å². The summed E-state index contributed by atoms with van der Waals surface area (Å²) in [5.41, 5.74) is 2.03. The predicted molar refractivity (Wildman–Crippen MR) is 139 cm³/mol. The van der Waals surface area contributed by atoms with E-state index >= 15 is 0 Å². The largest absolute Gasteiger partial charge is 0.495 e. The molecule has 1 saturated heterocycles. The molecule has 34 heavy (non-hydrogen) atoms. The van der Waals surface area contributed by atoms with E-state index in [1.165, 1.54) is 10.3 Å². The van der Waals surface area contributed by atoms with Gasteiger partial charge in [-0.15, -0.1) is 11.3 Å². The molecule has 0 radical (unpaired) electrons. The van der Waals surface area contributed by atoms with Gasteiger partial charge < -0.3 is 20.1 Å². The van der Waals surface area contributed by atoms with Gasteiger partial charge in [-0.3, -0.25) is 4.90 Å². The highest BCUT2D eigenvalue weighted by Gasteiger charge is 2.34. The van der Waals surface area contributed by atoms with Gasteiger partial charge in [0.2, 0.25) is 0 Å². The molecule has 2 heterocycles. The van der Waals surface area contributed by atoms with Crippen molar-refractivity contribution >= 4 is 43.2 Å². The highest BCUT2D eigenvalue weighted by molar-refractivity contribution is 7.26. The quantitative estimate of drug-likeness (QED) is 0.381. The summed E-state index contributed by atoms with van der Waals surface area (Å²) in [4.78, 5) is 15.6. The van der Waals surface area contributed by atoms with Crippen molar-refractivity contribution < 1.29 is 14.3 Å². The summed E-state index contributed by atoms with van der Waals surface area (Å²) in [5.74, 6) is 1.04. The first-order valence-electron chi connectivity index (χ1n) is 11.5. The van der Waals surface area contributed by atoms with Gasteiger partial charge in [-0.05, 0) is 23.8 Å². The second-order valence-electron chi connectivity index (χ2n) is 8.59. The van der Waals surface area contributed by atoms with Crippen LogP contribution >= 0.6 is 11.3 Å². The van der Waals surface area contributed by atoms with Crippen LogP contribution in [0.2, 0.25) is 0 Å². The fraction of sp³-hybridized carbons (Fsp3) is 0.296. The Morgan fingerprint density at radius 1 is 1.03 bits per heavy atom. The molecule has 1 aromatic heterocycles. The Morgan fingerprint density at radius 2 is 1.82 bits per heavy atom. The Morgan fingerprint density at radius 3 is 2.62 bits per heavy atom. The number of nitrogens with one attached hydrogen (secondary N) is 2. The van der Waals surface area contributed by atoms with Crippen molar-refractivity contribution in [1.29, 1.82) is 0 Å². The number of likely N-dealkylation sites (tertiary alicyclic amines) is 1. The van der Waals surface area contributed by atoms with Crippen molar-refractivity contribution in [3.63, 3.8) is 0 Å². The van der Waals surface area contributed by atoms with E-state index in [4.69, 9.17) is 9.47 Å². The summed E-state index contributed by atoms with van der Waals surface area (Å²) in [6.45, 7) is 3.20. The highest BCUT2D eigenvalue weighted by atomic mass is 32.1. The Labute approximate surface area is 203 Å². The highest BCUT2D eigenvalue weighted by Crippen LogP contribution is 2.43. The molecule has 1 fully saturated rings. The lowest BCUT2D eigenvalue weighted by Crippen LogP contribution is -2.42. The van der Waals surface area contributed by atoms with Crippen molar-refractivity contribution in [3.8, 4) is 5.75 Å². The maximum atomic E-state index is 13.2. The van der Waals surface area contributed by atoms with Crippen molar-refractivity contribution in [2.24, 2.45) is 0 Å². The van der Waals surface area contributed by atoms with Gasteiger partial charge in [0, 0.05) is 48.1 Å². The Kier molecular flexibility index (Phi) is 6.67. The molecule has 0 unspecified atom stereocenters. The molecular weight excluding hydrogens is 446 g/mol. The monoisotopic (exact) mass is 475 g/mol. The van der Waals surface area contributed by atoms with Crippen LogP contribution in [-0.4, -0.2) is 57.4 Å². The van der Waals surface area contributed by atoms with E-state index in [0.717, 1.165) is 46.5 Å². The number of thiophene rings is 1. The third-order valence-corrected chi connectivity index (χ3v) is 7.69. The van der Waals surface area contributed by atoms with E-state index in [1.807, 2.05) is 30.3 Å². The molecular formula is C27H29N3O3S. The van der Waals surface area contributed by atoms with E-state index in [1.54, 1.807) is 25.6 Å². The normalized spacial score (nSPS) is 18.4. The van der Waals surface area contributed by atoms with E-state index in [2.05, 4.69) is 51.9 Å². The van der Waals surface area contributed by atoms with Crippen LogP contribution in [0.4, 0.5) is 10.5 Å². The first-order valence-corrected chi connectivity index (χ1v) is 12.3. The van der Waals surface area contributed by atoms with Gasteiger partial charge in [0.15, 0.2) is 0 Å². The number of hydrogen-bond donors (Lipinski definition) is 2. The molecule has 2 atom stereocenters. The van der Waals surface area contributed by atoms with Gasteiger partial charge in [-0.1, -0.05) is 48.5 Å². The lowest BCUT2D eigenvalue weighted by molar-refractivity contribution is 0.159. The maximum absolute atomic E-state index is 13.2. The second-order valence-corrected chi connectivity index (χ2v) is 9.64. The SMILES string of the molecule is COCCN1C[C@@H](NC(=O)Nc2ccc(OC)c3sc4ccccc4c23)[C@H](c2ccccc2)C1. The van der Waals surface area contributed by atoms with Crippen molar-refractivity contribution in [1.82, 2.24) is 10.2 Å². The van der Waals surface area contributed by atoms with Crippen molar-refractivity contribution in [2.75, 3.05) is 45.8 Å². The van der Waals surface area contributed by atoms with Crippen LogP contribution in [-0.2, 0) is 4.74 Å². The lowest BCUT2D eigenvalue weighted by atomic mass is 9.94. The van der Waals surface area contributed by atoms with Crippen LogP contribution < -0.4 is 15.4 Å². The molecule has 0 saturated carbocycles. The third-order valence-electron chi connectivity index (χ3n) is 6.51. The third kappa shape index (κ3) is 4.46. The molecule has 7 heteroatoms. The van der Waals surface area contributed by atoms with Gasteiger partial charge in [0.25, 0.3) is 0 Å². The van der Waals surface area contributed by atoms with Gasteiger partial charge >= 0.3 is 6.03 Å².